The van der Waals surface area contributed by atoms with Crippen LogP contribution in [0.4, 0.5) is 5.69 Å². The normalized spacial score (nSPS) is 18.0. The Hall–Kier alpha value is -3.89. The number of hydrogen-bond acceptors (Lipinski definition) is 8. The van der Waals surface area contributed by atoms with Gasteiger partial charge in [-0.2, -0.15) is 0 Å². The van der Waals surface area contributed by atoms with Crippen LogP contribution in [0.2, 0.25) is 10.0 Å². The van der Waals surface area contributed by atoms with Gasteiger partial charge in [-0.15, -0.1) is 0 Å². The molecule has 0 saturated heterocycles. The molecule has 46 heavy (non-hydrogen) atoms. The fourth-order valence-electron chi connectivity index (χ4n) is 6.32. The van der Waals surface area contributed by atoms with Crippen molar-refractivity contribution in [2.75, 3.05) is 26.0 Å². The van der Waals surface area contributed by atoms with E-state index in [2.05, 4.69) is 26.6 Å². The summed E-state index contributed by atoms with van der Waals surface area (Å²) >= 11 is 13.6. The molecule has 3 aromatic carbocycles. The summed E-state index contributed by atoms with van der Waals surface area (Å²) in [6, 6.07) is 15.3. The van der Waals surface area contributed by atoms with E-state index < -0.39 is 11.4 Å². The number of oxazole rings is 1. The van der Waals surface area contributed by atoms with Gasteiger partial charge in [0.05, 0.1) is 34.1 Å². The number of benzene rings is 3. The number of methoxy groups -OCH3 is 1. The molecule has 1 fully saturated rings. The van der Waals surface area contributed by atoms with Crippen LogP contribution in [-0.2, 0) is 30.7 Å². The van der Waals surface area contributed by atoms with Crippen LogP contribution in [0.25, 0.3) is 11.1 Å². The summed E-state index contributed by atoms with van der Waals surface area (Å²) in [6.07, 6.45) is 4.69. The molecule has 9 nitrogen and oxygen atoms in total. The van der Waals surface area contributed by atoms with Crippen molar-refractivity contribution in [3.8, 4) is 22.6 Å². The molecule has 1 atom stereocenters. The first-order valence-corrected chi connectivity index (χ1v) is 16.2. The second-order valence-electron chi connectivity index (χ2n) is 12.2. The second kappa shape index (κ2) is 12.4. The lowest BCUT2D eigenvalue weighted by atomic mass is 9.96. The smallest absolute Gasteiger partial charge is 0.311 e. The SMILES string of the molecule is COc1cc(OC2CCc3c(-c4cccc(NC(=O)c5nc6c(o5)CCN(C)C6)c4Cl)cccc32)c(Cl)cc1CNC1(C=O)CC1. The number of ether oxygens (including phenoxy) is 2. The average Bonchev–Trinajstić information content (AvgIpc) is 3.53. The molecule has 11 heteroatoms. The first kappa shape index (κ1) is 30.7. The zero-order valence-corrected chi connectivity index (χ0v) is 27.1. The summed E-state index contributed by atoms with van der Waals surface area (Å²) in [5.74, 6) is 1.53. The molecule has 1 saturated carbocycles. The van der Waals surface area contributed by atoms with E-state index in [0.717, 1.165) is 84.2 Å². The summed E-state index contributed by atoms with van der Waals surface area (Å²) in [5, 5.41) is 7.12. The number of carbonyl (C=O) groups excluding carboxylic acids is 2. The third-order valence-corrected chi connectivity index (χ3v) is 9.82. The second-order valence-corrected chi connectivity index (χ2v) is 13.0. The van der Waals surface area contributed by atoms with Gasteiger partial charge < -0.3 is 29.3 Å². The molecular formula is C35H34Cl2N4O5. The van der Waals surface area contributed by atoms with Crippen molar-refractivity contribution in [1.82, 2.24) is 15.2 Å². The predicted octanol–water partition coefficient (Wildman–Crippen LogP) is 6.78. The van der Waals surface area contributed by atoms with Crippen molar-refractivity contribution in [2.45, 2.75) is 56.8 Å². The van der Waals surface area contributed by atoms with Gasteiger partial charge in [-0.25, -0.2) is 4.98 Å². The third kappa shape index (κ3) is 5.88. The molecule has 0 radical (unpaired) electrons. The number of nitrogens with zero attached hydrogens (tertiary/aromatic N) is 2. The van der Waals surface area contributed by atoms with Crippen LogP contribution in [-0.4, -0.2) is 48.3 Å². The van der Waals surface area contributed by atoms with Gasteiger partial charge in [0.25, 0.3) is 5.89 Å². The minimum absolute atomic E-state index is 0.0368. The highest BCUT2D eigenvalue weighted by Crippen LogP contribution is 2.45. The Labute approximate surface area is 277 Å². The zero-order valence-electron chi connectivity index (χ0n) is 25.6. The van der Waals surface area contributed by atoms with Crippen molar-refractivity contribution >= 4 is 41.1 Å². The van der Waals surface area contributed by atoms with E-state index in [-0.39, 0.29) is 12.0 Å². The Morgan fingerprint density at radius 2 is 1.93 bits per heavy atom. The number of anilines is 1. The maximum absolute atomic E-state index is 13.1. The molecule has 3 aliphatic rings. The third-order valence-electron chi connectivity index (χ3n) is 9.11. The molecule has 4 aromatic rings. The molecule has 1 aliphatic heterocycles. The maximum Gasteiger partial charge on any atom is 0.311 e. The fraction of sp³-hybridized carbons (Fsp3) is 0.343. The first-order chi connectivity index (χ1) is 22.3. The lowest BCUT2D eigenvalue weighted by Crippen LogP contribution is -2.32. The molecule has 0 bridgehead atoms. The molecule has 2 heterocycles. The van der Waals surface area contributed by atoms with E-state index in [4.69, 9.17) is 37.1 Å². The van der Waals surface area contributed by atoms with E-state index in [1.54, 1.807) is 13.2 Å². The number of carbonyl (C=O) groups is 2. The quantitative estimate of drug-likeness (QED) is 0.179. The van der Waals surface area contributed by atoms with Gasteiger partial charge in [0, 0.05) is 43.2 Å². The molecule has 2 N–H and O–H groups in total. The summed E-state index contributed by atoms with van der Waals surface area (Å²) < 4.78 is 17.9. The predicted molar refractivity (Wildman–Crippen MR) is 176 cm³/mol. The van der Waals surface area contributed by atoms with E-state index >= 15 is 0 Å². The van der Waals surface area contributed by atoms with Crippen molar-refractivity contribution in [1.29, 1.82) is 0 Å². The minimum atomic E-state index is -0.437. The maximum atomic E-state index is 13.1. The van der Waals surface area contributed by atoms with Crippen LogP contribution in [0.3, 0.4) is 0 Å². The van der Waals surface area contributed by atoms with Crippen molar-refractivity contribution in [2.24, 2.45) is 0 Å². The number of aldehydes is 1. The first-order valence-electron chi connectivity index (χ1n) is 15.4. The summed E-state index contributed by atoms with van der Waals surface area (Å²) in [6.45, 7) is 1.98. The average molecular weight is 662 g/mol. The van der Waals surface area contributed by atoms with Gasteiger partial charge in [-0.1, -0.05) is 53.5 Å². The Morgan fingerprint density at radius 3 is 2.72 bits per heavy atom. The van der Waals surface area contributed by atoms with Crippen LogP contribution >= 0.6 is 23.2 Å². The van der Waals surface area contributed by atoms with Crippen molar-refractivity contribution < 1.29 is 23.5 Å². The number of rotatable bonds is 10. The summed E-state index contributed by atoms with van der Waals surface area (Å²) in [4.78, 5) is 31.1. The molecule has 7 rings (SSSR count). The molecule has 1 amide bonds. The highest BCUT2D eigenvalue weighted by Gasteiger charge is 2.42. The minimum Gasteiger partial charge on any atom is -0.496 e. The number of aromatic nitrogens is 1. The van der Waals surface area contributed by atoms with Gasteiger partial charge in [0.2, 0.25) is 0 Å². The van der Waals surface area contributed by atoms with Gasteiger partial charge >= 0.3 is 5.91 Å². The van der Waals surface area contributed by atoms with Gasteiger partial charge in [0.1, 0.15) is 29.6 Å². The number of nitrogens with one attached hydrogen (secondary N) is 2. The Balaban J connectivity index is 1.10. The number of hydrogen-bond donors (Lipinski definition) is 2. The van der Waals surface area contributed by atoms with Crippen LogP contribution in [0.1, 0.15) is 64.2 Å². The standard InChI is InChI=1S/C35H34Cl2N4O5/c1-41-14-11-29-27(18-41)40-34(46-29)33(43)39-26-8-4-7-24(32(26)37)21-5-3-6-23-22(21)9-10-28(23)45-31-16-30(44-2)20(15-25(31)36)17-38-35(19-42)12-13-35/h3-8,15-16,19,28,38H,9-14,17-18H2,1-2H3,(H,39,43). The van der Waals surface area contributed by atoms with Gasteiger partial charge in [-0.05, 0) is 61.6 Å². The van der Waals surface area contributed by atoms with Crippen LogP contribution in [0.5, 0.6) is 11.5 Å². The monoisotopic (exact) mass is 660 g/mol. The largest absolute Gasteiger partial charge is 0.496 e. The fourth-order valence-corrected chi connectivity index (χ4v) is 6.83. The number of amides is 1. The van der Waals surface area contributed by atoms with Crippen LogP contribution in [0, 0.1) is 0 Å². The number of likely N-dealkylation sites (N-methyl/N-ethyl adjacent to an activating group) is 1. The van der Waals surface area contributed by atoms with E-state index in [1.165, 1.54) is 0 Å². The van der Waals surface area contributed by atoms with E-state index in [0.29, 0.717) is 40.3 Å². The molecule has 1 aromatic heterocycles. The highest BCUT2D eigenvalue weighted by molar-refractivity contribution is 6.36. The van der Waals surface area contributed by atoms with Crippen molar-refractivity contribution in [3.05, 3.63) is 92.6 Å². The van der Waals surface area contributed by atoms with Crippen LogP contribution < -0.4 is 20.1 Å². The molecule has 1 unspecified atom stereocenters. The summed E-state index contributed by atoms with van der Waals surface area (Å²) in [5.41, 5.74) is 5.69. The molecule has 0 spiro atoms. The van der Waals surface area contributed by atoms with Crippen LogP contribution in [0.15, 0.2) is 52.9 Å². The van der Waals surface area contributed by atoms with E-state index in [1.807, 2.05) is 43.4 Å². The Morgan fingerprint density at radius 1 is 1.13 bits per heavy atom. The molecule has 238 valence electrons. The summed E-state index contributed by atoms with van der Waals surface area (Å²) in [7, 11) is 3.62. The number of fused-ring (bicyclic) bond motifs is 2. The Kier molecular flexibility index (Phi) is 8.27. The zero-order chi connectivity index (χ0) is 32.0. The molecule has 2 aliphatic carbocycles. The molecular weight excluding hydrogens is 627 g/mol. The van der Waals surface area contributed by atoms with Crippen molar-refractivity contribution in [3.63, 3.8) is 0 Å². The highest BCUT2D eigenvalue weighted by atomic mass is 35.5. The van der Waals surface area contributed by atoms with E-state index in [9.17, 15) is 9.59 Å². The topological polar surface area (TPSA) is 106 Å². The lowest BCUT2D eigenvalue weighted by Gasteiger charge is -2.20. The number of halogens is 2. The van der Waals surface area contributed by atoms with Gasteiger partial charge in [-0.3, -0.25) is 9.69 Å². The lowest BCUT2D eigenvalue weighted by molar-refractivity contribution is -0.110. The Bertz CT molecular complexity index is 1840. The van der Waals surface area contributed by atoms with Gasteiger partial charge in [0.15, 0.2) is 0 Å².